The Kier molecular flexibility index (Phi) is 4.33. The molecule has 1 saturated heterocycles. The number of thiazole rings is 2. The van der Waals surface area contributed by atoms with Crippen LogP contribution in [0.4, 0.5) is 5.13 Å². The summed E-state index contributed by atoms with van der Waals surface area (Å²) in [5.74, 6) is 0.896. The van der Waals surface area contributed by atoms with Gasteiger partial charge in [-0.15, -0.1) is 22.7 Å². The van der Waals surface area contributed by atoms with Crippen LogP contribution in [-0.4, -0.2) is 34.5 Å². The molecular weight excluding hydrogens is 288 g/mol. The molecule has 0 amide bonds. The Morgan fingerprint density at radius 1 is 1.40 bits per heavy atom. The first-order valence-corrected chi connectivity index (χ1v) is 8.79. The van der Waals surface area contributed by atoms with Crippen LogP contribution < -0.4 is 5.73 Å². The molecule has 6 heteroatoms. The van der Waals surface area contributed by atoms with E-state index in [4.69, 9.17) is 5.73 Å². The predicted molar refractivity (Wildman–Crippen MR) is 86.2 cm³/mol. The van der Waals surface area contributed by atoms with Crippen molar-refractivity contribution in [1.82, 2.24) is 14.9 Å². The molecule has 0 aromatic carbocycles. The lowest BCUT2D eigenvalue weighted by molar-refractivity contribution is 0.194. The van der Waals surface area contributed by atoms with Crippen LogP contribution in [0.5, 0.6) is 0 Å². The Morgan fingerprint density at radius 2 is 2.20 bits per heavy atom. The molecule has 2 N–H and O–H groups in total. The van der Waals surface area contributed by atoms with E-state index >= 15 is 0 Å². The molecule has 1 fully saturated rings. The molecule has 1 aliphatic rings. The van der Waals surface area contributed by atoms with Crippen LogP contribution in [-0.2, 0) is 6.42 Å². The zero-order chi connectivity index (χ0) is 13.9. The van der Waals surface area contributed by atoms with Gasteiger partial charge in [0.25, 0.3) is 0 Å². The number of nitrogens with zero attached hydrogens (tertiary/aromatic N) is 3. The molecular formula is C14H20N4S2. The highest BCUT2D eigenvalue weighted by molar-refractivity contribution is 7.16. The van der Waals surface area contributed by atoms with Gasteiger partial charge in [0.2, 0.25) is 0 Å². The highest BCUT2D eigenvalue weighted by atomic mass is 32.1. The van der Waals surface area contributed by atoms with E-state index in [0.717, 1.165) is 29.5 Å². The summed E-state index contributed by atoms with van der Waals surface area (Å²) in [6.45, 7) is 5.95. The highest BCUT2D eigenvalue weighted by Crippen LogP contribution is 2.28. The van der Waals surface area contributed by atoms with Crippen LogP contribution in [0.25, 0.3) is 10.6 Å². The maximum absolute atomic E-state index is 5.68. The number of rotatable bonds is 4. The zero-order valence-electron chi connectivity index (χ0n) is 11.7. The summed E-state index contributed by atoms with van der Waals surface area (Å²) in [7, 11) is 0. The largest absolute Gasteiger partial charge is 0.375 e. The average molecular weight is 308 g/mol. The van der Waals surface area contributed by atoms with Gasteiger partial charge in [-0.2, -0.15) is 0 Å². The van der Waals surface area contributed by atoms with Crippen molar-refractivity contribution in [2.75, 3.05) is 25.4 Å². The minimum Gasteiger partial charge on any atom is -0.375 e. The number of aromatic nitrogens is 2. The summed E-state index contributed by atoms with van der Waals surface area (Å²) in [5.41, 5.74) is 6.64. The second kappa shape index (κ2) is 6.20. The van der Waals surface area contributed by atoms with E-state index < -0.39 is 0 Å². The molecule has 1 aliphatic heterocycles. The summed E-state index contributed by atoms with van der Waals surface area (Å²) >= 11 is 3.22. The average Bonchev–Trinajstić information content (AvgIpc) is 3.07. The molecule has 0 radical (unpaired) electrons. The smallest absolute Gasteiger partial charge is 0.180 e. The lowest BCUT2D eigenvalue weighted by Crippen LogP contribution is -2.34. The summed E-state index contributed by atoms with van der Waals surface area (Å²) in [6.07, 6.45) is 5.63. The third-order valence-corrected chi connectivity index (χ3v) is 5.60. The zero-order valence-corrected chi connectivity index (χ0v) is 13.3. The minimum absolute atomic E-state index is 0.623. The van der Waals surface area contributed by atoms with Gasteiger partial charge in [0, 0.05) is 24.5 Å². The van der Waals surface area contributed by atoms with E-state index in [0.29, 0.717) is 5.13 Å². The molecule has 2 aromatic rings. The van der Waals surface area contributed by atoms with Gasteiger partial charge in [-0.25, -0.2) is 9.97 Å². The van der Waals surface area contributed by atoms with E-state index in [1.54, 1.807) is 11.3 Å². The molecule has 2 aromatic heterocycles. The van der Waals surface area contributed by atoms with E-state index in [9.17, 15) is 0 Å². The van der Waals surface area contributed by atoms with E-state index in [1.165, 1.54) is 42.3 Å². The summed E-state index contributed by atoms with van der Waals surface area (Å²) in [5, 5.41) is 3.82. The Hall–Kier alpha value is -0.980. The van der Waals surface area contributed by atoms with Crippen molar-refractivity contribution in [2.45, 2.75) is 26.2 Å². The second-order valence-electron chi connectivity index (χ2n) is 5.46. The van der Waals surface area contributed by atoms with Crippen molar-refractivity contribution >= 4 is 27.8 Å². The Balaban J connectivity index is 1.55. The molecule has 0 spiro atoms. The van der Waals surface area contributed by atoms with Crippen molar-refractivity contribution in [1.29, 1.82) is 0 Å². The normalized spacial score (nSPS) is 17.6. The number of hydrogen-bond donors (Lipinski definition) is 1. The van der Waals surface area contributed by atoms with E-state index in [1.807, 2.05) is 11.6 Å². The summed E-state index contributed by atoms with van der Waals surface area (Å²) < 4.78 is 0. The van der Waals surface area contributed by atoms with Gasteiger partial charge in [-0.3, -0.25) is 0 Å². The van der Waals surface area contributed by atoms with Crippen LogP contribution in [0.2, 0.25) is 0 Å². The standard InChI is InChI=1S/C14H20N4S2/c1-10-2-5-18(6-3-10)7-4-13-16-8-12(20-13)11-9-19-14(15)17-11/h8-10H,2-7H2,1H3,(H2,15,17). The van der Waals surface area contributed by atoms with Crippen LogP contribution >= 0.6 is 22.7 Å². The van der Waals surface area contributed by atoms with Gasteiger partial charge in [0.05, 0.1) is 15.6 Å². The van der Waals surface area contributed by atoms with Gasteiger partial charge in [-0.05, 0) is 31.8 Å². The van der Waals surface area contributed by atoms with Crippen molar-refractivity contribution in [2.24, 2.45) is 5.92 Å². The number of nitrogen functional groups attached to an aromatic ring is 1. The van der Waals surface area contributed by atoms with Gasteiger partial charge >= 0.3 is 0 Å². The molecule has 3 rings (SSSR count). The Bertz CT molecular complexity index is 555. The monoisotopic (exact) mass is 308 g/mol. The molecule has 0 atom stereocenters. The molecule has 20 heavy (non-hydrogen) atoms. The molecule has 0 bridgehead atoms. The van der Waals surface area contributed by atoms with Gasteiger partial charge < -0.3 is 10.6 Å². The second-order valence-corrected chi connectivity index (χ2v) is 7.47. The molecule has 0 saturated carbocycles. The molecule has 0 unspecified atom stereocenters. The van der Waals surface area contributed by atoms with Crippen molar-refractivity contribution in [3.8, 4) is 10.6 Å². The van der Waals surface area contributed by atoms with Crippen LogP contribution in [0.3, 0.4) is 0 Å². The first-order chi connectivity index (χ1) is 9.70. The first kappa shape index (κ1) is 14.0. The lowest BCUT2D eigenvalue weighted by Gasteiger charge is -2.29. The molecule has 4 nitrogen and oxygen atoms in total. The Morgan fingerprint density at radius 3 is 2.90 bits per heavy atom. The fourth-order valence-electron chi connectivity index (χ4n) is 2.48. The maximum atomic E-state index is 5.68. The quantitative estimate of drug-likeness (QED) is 0.943. The fraction of sp³-hybridized carbons (Fsp3) is 0.571. The van der Waals surface area contributed by atoms with Gasteiger partial charge in [-0.1, -0.05) is 6.92 Å². The van der Waals surface area contributed by atoms with Crippen molar-refractivity contribution < 1.29 is 0 Å². The van der Waals surface area contributed by atoms with E-state index in [-0.39, 0.29) is 0 Å². The maximum Gasteiger partial charge on any atom is 0.180 e. The number of nitrogens with two attached hydrogens (primary N) is 1. The van der Waals surface area contributed by atoms with Gasteiger partial charge in [0.1, 0.15) is 0 Å². The first-order valence-electron chi connectivity index (χ1n) is 7.09. The molecule has 3 heterocycles. The SMILES string of the molecule is CC1CCN(CCc2ncc(-c3csc(N)n3)s2)CC1. The van der Waals surface area contributed by atoms with Crippen LogP contribution in [0, 0.1) is 5.92 Å². The summed E-state index contributed by atoms with van der Waals surface area (Å²) in [4.78, 5) is 12.5. The number of likely N-dealkylation sites (tertiary alicyclic amines) is 1. The minimum atomic E-state index is 0.623. The number of anilines is 1. The van der Waals surface area contributed by atoms with Crippen molar-refractivity contribution in [3.63, 3.8) is 0 Å². The third kappa shape index (κ3) is 3.37. The van der Waals surface area contributed by atoms with Crippen LogP contribution in [0.1, 0.15) is 24.8 Å². The fourth-order valence-corrected chi connectivity index (χ4v) is 3.99. The Labute approximate surface area is 127 Å². The topological polar surface area (TPSA) is 55.0 Å². The van der Waals surface area contributed by atoms with Gasteiger partial charge in [0.15, 0.2) is 5.13 Å². The predicted octanol–water partition coefficient (Wildman–Crippen LogP) is 3.12. The van der Waals surface area contributed by atoms with E-state index in [2.05, 4.69) is 21.8 Å². The van der Waals surface area contributed by atoms with Crippen LogP contribution in [0.15, 0.2) is 11.6 Å². The number of hydrogen-bond acceptors (Lipinski definition) is 6. The van der Waals surface area contributed by atoms with Crippen molar-refractivity contribution in [3.05, 3.63) is 16.6 Å². The molecule has 108 valence electrons. The number of piperidine rings is 1. The molecule has 0 aliphatic carbocycles. The lowest BCUT2D eigenvalue weighted by atomic mass is 9.99. The third-order valence-electron chi connectivity index (χ3n) is 3.85. The highest BCUT2D eigenvalue weighted by Gasteiger charge is 2.16. The summed E-state index contributed by atoms with van der Waals surface area (Å²) in [6, 6.07) is 0.